The number of thiophene rings is 1. The van der Waals surface area contributed by atoms with Crippen LogP contribution in [0.25, 0.3) is 0 Å². The van der Waals surface area contributed by atoms with Gasteiger partial charge in [-0.25, -0.2) is 18.1 Å². The first-order chi connectivity index (χ1) is 8.53. The summed E-state index contributed by atoms with van der Waals surface area (Å²) in [6, 6.07) is 0.940. The molecule has 0 bridgehead atoms. The van der Waals surface area contributed by atoms with Gasteiger partial charge in [-0.3, -0.25) is 5.10 Å². The average molecular weight is 288 g/mol. The van der Waals surface area contributed by atoms with Crippen molar-refractivity contribution in [1.29, 1.82) is 0 Å². The predicted octanol–water partition coefficient (Wildman–Crippen LogP) is 0.398. The van der Waals surface area contributed by atoms with Crippen LogP contribution in [-0.4, -0.2) is 28.7 Å². The molecule has 2 aromatic rings. The number of aliphatic hydroxyl groups excluding tert-OH is 1. The van der Waals surface area contributed by atoms with Crippen molar-refractivity contribution in [1.82, 2.24) is 19.9 Å². The van der Waals surface area contributed by atoms with Gasteiger partial charge in [0.15, 0.2) is 0 Å². The van der Waals surface area contributed by atoms with Crippen LogP contribution in [0.3, 0.4) is 0 Å². The lowest BCUT2D eigenvalue weighted by atomic mass is 10.3. The normalized spacial score (nSPS) is 13.7. The summed E-state index contributed by atoms with van der Waals surface area (Å²) in [6.45, 7) is 1.50. The molecule has 0 radical (unpaired) electrons. The van der Waals surface area contributed by atoms with Gasteiger partial charge in [-0.2, -0.15) is 5.10 Å². The molecule has 0 fully saturated rings. The van der Waals surface area contributed by atoms with E-state index in [1.54, 1.807) is 6.92 Å². The van der Waals surface area contributed by atoms with Gasteiger partial charge >= 0.3 is 0 Å². The molecule has 0 aliphatic carbocycles. The monoisotopic (exact) mass is 288 g/mol. The van der Waals surface area contributed by atoms with Crippen LogP contribution in [0.2, 0.25) is 0 Å². The highest BCUT2D eigenvalue weighted by Crippen LogP contribution is 2.20. The average Bonchev–Trinajstić information content (AvgIpc) is 3.00. The van der Waals surface area contributed by atoms with Crippen molar-refractivity contribution >= 4 is 21.4 Å². The van der Waals surface area contributed by atoms with Crippen molar-refractivity contribution in [2.24, 2.45) is 0 Å². The molecule has 1 atom stereocenters. The number of hydrogen-bond acceptors (Lipinski definition) is 6. The topological polar surface area (TPSA) is 108 Å². The third kappa shape index (κ3) is 2.75. The number of aliphatic hydroxyl groups is 1. The van der Waals surface area contributed by atoms with Gasteiger partial charge in [0.05, 0.1) is 17.5 Å². The Morgan fingerprint density at radius 2 is 2.39 bits per heavy atom. The van der Waals surface area contributed by atoms with Crippen molar-refractivity contribution < 1.29 is 13.5 Å². The predicted molar refractivity (Wildman–Crippen MR) is 65.4 cm³/mol. The minimum absolute atomic E-state index is 0.142. The fourth-order valence-corrected chi connectivity index (χ4v) is 3.71. The zero-order valence-electron chi connectivity index (χ0n) is 9.49. The quantitative estimate of drug-likeness (QED) is 0.738. The van der Waals surface area contributed by atoms with E-state index in [2.05, 4.69) is 19.9 Å². The second-order valence-electron chi connectivity index (χ2n) is 3.62. The van der Waals surface area contributed by atoms with Crippen molar-refractivity contribution in [3.8, 4) is 0 Å². The van der Waals surface area contributed by atoms with E-state index in [1.165, 1.54) is 29.1 Å². The van der Waals surface area contributed by atoms with E-state index in [0.717, 1.165) is 0 Å². The Kier molecular flexibility index (Phi) is 3.76. The Morgan fingerprint density at radius 3 is 2.94 bits per heavy atom. The Morgan fingerprint density at radius 1 is 1.61 bits per heavy atom. The fourth-order valence-electron chi connectivity index (χ4n) is 1.36. The summed E-state index contributed by atoms with van der Waals surface area (Å²) in [7, 11) is -3.61. The Hall–Kier alpha value is -1.29. The molecule has 0 saturated heterocycles. The molecule has 0 aliphatic rings. The molecule has 0 saturated carbocycles. The number of sulfonamides is 1. The summed E-state index contributed by atoms with van der Waals surface area (Å²) in [6.07, 6.45) is 1.31. The van der Waals surface area contributed by atoms with Crippen LogP contribution in [0.5, 0.6) is 0 Å². The highest BCUT2D eigenvalue weighted by atomic mass is 32.2. The number of nitrogens with one attached hydrogen (secondary N) is 2. The number of nitrogens with zero attached hydrogens (tertiary/aromatic N) is 2. The van der Waals surface area contributed by atoms with Crippen LogP contribution in [0.1, 0.15) is 23.7 Å². The number of aromatic nitrogens is 3. The smallest absolute Gasteiger partial charge is 0.242 e. The van der Waals surface area contributed by atoms with Gasteiger partial charge in [-0.15, -0.1) is 11.3 Å². The zero-order chi connectivity index (χ0) is 13.2. The van der Waals surface area contributed by atoms with E-state index in [-0.39, 0.29) is 11.5 Å². The van der Waals surface area contributed by atoms with Crippen LogP contribution >= 0.6 is 11.3 Å². The van der Waals surface area contributed by atoms with Crippen molar-refractivity contribution in [3.05, 3.63) is 28.5 Å². The fraction of sp³-hybridized carbons (Fsp3) is 0.333. The van der Waals surface area contributed by atoms with Crippen molar-refractivity contribution in [2.75, 3.05) is 0 Å². The first-order valence-corrected chi connectivity index (χ1v) is 7.45. The van der Waals surface area contributed by atoms with E-state index in [9.17, 15) is 8.42 Å². The summed E-state index contributed by atoms with van der Waals surface area (Å²) in [5.41, 5.74) is 0. The number of H-pyrrole nitrogens is 1. The molecular weight excluding hydrogens is 276 g/mol. The first kappa shape index (κ1) is 13.1. The molecule has 0 aromatic carbocycles. The SMILES string of the molecule is CC(NS(=O)(=O)c1csc(CO)c1)c1ncn[nH]1. The second-order valence-corrected chi connectivity index (χ2v) is 6.33. The maximum atomic E-state index is 12.0. The maximum absolute atomic E-state index is 12.0. The molecule has 0 aliphatic heterocycles. The lowest BCUT2D eigenvalue weighted by Crippen LogP contribution is -2.27. The Balaban J connectivity index is 2.17. The summed E-state index contributed by atoms with van der Waals surface area (Å²) < 4.78 is 26.5. The van der Waals surface area contributed by atoms with E-state index < -0.39 is 16.1 Å². The van der Waals surface area contributed by atoms with Gasteiger partial charge in [0.2, 0.25) is 10.0 Å². The van der Waals surface area contributed by atoms with Gasteiger partial charge in [0.1, 0.15) is 12.2 Å². The van der Waals surface area contributed by atoms with E-state index in [4.69, 9.17) is 5.11 Å². The third-order valence-corrected chi connectivity index (χ3v) is 4.86. The lowest BCUT2D eigenvalue weighted by molar-refractivity contribution is 0.285. The molecule has 1 unspecified atom stereocenters. The number of aromatic amines is 1. The van der Waals surface area contributed by atoms with E-state index in [1.807, 2.05) is 0 Å². The lowest BCUT2D eigenvalue weighted by Gasteiger charge is -2.10. The van der Waals surface area contributed by atoms with Crippen LogP contribution in [-0.2, 0) is 16.6 Å². The highest BCUT2D eigenvalue weighted by Gasteiger charge is 2.21. The first-order valence-electron chi connectivity index (χ1n) is 5.09. The molecule has 0 amide bonds. The molecule has 2 heterocycles. The third-order valence-electron chi connectivity index (χ3n) is 2.27. The van der Waals surface area contributed by atoms with Gasteiger partial charge in [0, 0.05) is 10.3 Å². The highest BCUT2D eigenvalue weighted by molar-refractivity contribution is 7.89. The number of hydrogen-bond donors (Lipinski definition) is 3. The largest absolute Gasteiger partial charge is 0.391 e. The Labute approximate surface area is 108 Å². The molecule has 3 N–H and O–H groups in total. The van der Waals surface area contributed by atoms with Gasteiger partial charge < -0.3 is 5.11 Å². The summed E-state index contributed by atoms with van der Waals surface area (Å²) >= 11 is 1.20. The van der Waals surface area contributed by atoms with Gasteiger partial charge in [-0.1, -0.05) is 0 Å². The van der Waals surface area contributed by atoms with Crippen molar-refractivity contribution in [3.63, 3.8) is 0 Å². The summed E-state index contributed by atoms with van der Waals surface area (Å²) in [5.74, 6) is 0.441. The van der Waals surface area contributed by atoms with Gasteiger partial charge in [0.25, 0.3) is 0 Å². The van der Waals surface area contributed by atoms with Crippen LogP contribution in [0.4, 0.5) is 0 Å². The molecule has 9 heteroatoms. The molecule has 98 valence electrons. The molecule has 2 rings (SSSR count). The minimum atomic E-state index is -3.61. The molecule has 7 nitrogen and oxygen atoms in total. The summed E-state index contributed by atoms with van der Waals surface area (Å²) in [4.78, 5) is 4.63. The van der Waals surface area contributed by atoms with Gasteiger partial charge in [-0.05, 0) is 13.0 Å². The number of rotatable bonds is 5. The second kappa shape index (κ2) is 5.14. The van der Waals surface area contributed by atoms with Crippen LogP contribution in [0.15, 0.2) is 22.7 Å². The molecule has 0 spiro atoms. The maximum Gasteiger partial charge on any atom is 0.242 e. The van der Waals surface area contributed by atoms with E-state index >= 15 is 0 Å². The Bertz CT molecular complexity index is 606. The van der Waals surface area contributed by atoms with Crippen LogP contribution < -0.4 is 4.72 Å². The standard InChI is InChI=1S/C9H12N4O3S2/c1-6(9-10-5-11-12-9)13-18(15,16)8-2-7(3-14)17-4-8/h2,4-6,13-14H,3H2,1H3,(H,10,11,12). The zero-order valence-corrected chi connectivity index (χ0v) is 11.1. The molecule has 2 aromatic heterocycles. The van der Waals surface area contributed by atoms with Crippen molar-refractivity contribution in [2.45, 2.75) is 24.5 Å². The molecular formula is C9H12N4O3S2. The minimum Gasteiger partial charge on any atom is -0.391 e. The summed E-state index contributed by atoms with van der Waals surface area (Å²) in [5, 5.41) is 16.7. The van der Waals surface area contributed by atoms with Crippen LogP contribution in [0, 0.1) is 0 Å². The van der Waals surface area contributed by atoms with E-state index in [0.29, 0.717) is 10.7 Å². The molecule has 18 heavy (non-hydrogen) atoms.